The smallest absolute Gasteiger partial charge is 0.248 e. The molecule has 132 valence electrons. The van der Waals surface area contributed by atoms with Crippen LogP contribution in [0.2, 0.25) is 0 Å². The number of alkyl halides is 2. The van der Waals surface area contributed by atoms with Gasteiger partial charge in [-0.2, -0.15) is 5.10 Å². The second-order valence-corrected chi connectivity index (χ2v) is 6.62. The largest absolute Gasteiger partial charge is 0.398 e. The van der Waals surface area contributed by atoms with Gasteiger partial charge in [0.1, 0.15) is 5.84 Å². The first-order chi connectivity index (χ1) is 11.9. The fraction of sp³-hybridized carbons (Fsp3) is 0.438. The monoisotopic (exact) mass is 347 g/mol. The van der Waals surface area contributed by atoms with Crippen molar-refractivity contribution in [2.24, 2.45) is 22.4 Å². The van der Waals surface area contributed by atoms with E-state index in [4.69, 9.17) is 11.5 Å². The van der Waals surface area contributed by atoms with Crippen molar-refractivity contribution in [2.75, 3.05) is 0 Å². The lowest BCUT2D eigenvalue weighted by atomic mass is 9.77. The molecule has 2 aromatic rings. The third kappa shape index (κ3) is 2.64. The van der Waals surface area contributed by atoms with Gasteiger partial charge in [-0.3, -0.25) is 4.98 Å². The maximum Gasteiger partial charge on any atom is 0.248 e. The molecule has 1 saturated carbocycles. The van der Waals surface area contributed by atoms with Crippen molar-refractivity contribution in [3.8, 4) is 0 Å². The first kappa shape index (κ1) is 15.9. The first-order valence-corrected chi connectivity index (χ1v) is 8.16. The van der Waals surface area contributed by atoms with Crippen molar-refractivity contribution in [1.82, 2.24) is 19.9 Å². The third-order valence-electron chi connectivity index (χ3n) is 5.04. The lowest BCUT2D eigenvalue weighted by Gasteiger charge is -2.40. The summed E-state index contributed by atoms with van der Waals surface area (Å²) < 4.78 is 28.7. The number of aliphatic imine (C=N–C) groups is 1. The van der Waals surface area contributed by atoms with Crippen LogP contribution in [0.3, 0.4) is 0 Å². The molecular weight excluding hydrogens is 328 g/mol. The zero-order chi connectivity index (χ0) is 17.7. The van der Waals surface area contributed by atoms with Crippen molar-refractivity contribution in [2.45, 2.75) is 37.3 Å². The Hall–Kier alpha value is -2.55. The lowest BCUT2D eigenvalue weighted by Crippen LogP contribution is -2.55. The zero-order valence-corrected chi connectivity index (χ0v) is 13.5. The molecule has 1 unspecified atom stereocenters. The molecule has 2 aliphatic rings. The van der Waals surface area contributed by atoms with E-state index in [1.165, 1.54) is 0 Å². The van der Waals surface area contributed by atoms with Gasteiger partial charge in [0, 0.05) is 37.4 Å². The molecule has 1 aliphatic heterocycles. The number of rotatable bonds is 2. The van der Waals surface area contributed by atoms with Crippen molar-refractivity contribution in [3.05, 3.63) is 42.2 Å². The van der Waals surface area contributed by atoms with Crippen LogP contribution < -0.4 is 16.8 Å². The Labute approximate surface area is 142 Å². The Morgan fingerprint density at radius 3 is 2.76 bits per heavy atom. The van der Waals surface area contributed by atoms with Crippen LogP contribution in [0.25, 0.3) is 5.52 Å². The molecular formula is C16H19F2N7. The summed E-state index contributed by atoms with van der Waals surface area (Å²) in [6.07, 6.45) is 8.47. The summed E-state index contributed by atoms with van der Waals surface area (Å²) in [6.45, 7) is 0. The molecule has 5 N–H and O–H groups in total. The molecule has 4 rings (SSSR count). The minimum absolute atomic E-state index is 0.192. The van der Waals surface area contributed by atoms with Gasteiger partial charge in [0.05, 0.1) is 29.2 Å². The van der Waals surface area contributed by atoms with Crippen LogP contribution in [-0.2, 0) is 0 Å². The van der Waals surface area contributed by atoms with Crippen LogP contribution in [0.15, 0.2) is 41.7 Å². The Kier molecular flexibility index (Phi) is 3.50. The van der Waals surface area contributed by atoms with Gasteiger partial charge in [0.15, 0.2) is 5.66 Å². The number of aromatic nitrogens is 3. The molecule has 7 nitrogen and oxygen atoms in total. The van der Waals surface area contributed by atoms with Crippen LogP contribution in [0.4, 0.5) is 8.78 Å². The van der Waals surface area contributed by atoms with Gasteiger partial charge in [-0.05, 0) is 12.8 Å². The highest BCUT2D eigenvalue weighted by molar-refractivity contribution is 6.05. The molecule has 1 fully saturated rings. The number of hydrogen-bond acceptors (Lipinski definition) is 6. The molecule has 9 heteroatoms. The molecule has 1 atom stereocenters. The SMILES string of the molecule is NC1=CNC(c2cnn3ccncc23)=NC1(N)C1CCC(F)(F)CC1. The third-order valence-corrected chi connectivity index (χ3v) is 5.04. The van der Waals surface area contributed by atoms with Crippen LogP contribution >= 0.6 is 0 Å². The average molecular weight is 347 g/mol. The van der Waals surface area contributed by atoms with Gasteiger partial charge < -0.3 is 16.8 Å². The second kappa shape index (κ2) is 5.48. The summed E-state index contributed by atoms with van der Waals surface area (Å²) in [4.78, 5) is 8.72. The number of hydrogen-bond donors (Lipinski definition) is 3. The van der Waals surface area contributed by atoms with Gasteiger partial charge in [0.25, 0.3) is 0 Å². The normalized spacial score (nSPS) is 26.8. The molecule has 2 aromatic heterocycles. The van der Waals surface area contributed by atoms with E-state index in [0.29, 0.717) is 11.5 Å². The van der Waals surface area contributed by atoms with E-state index in [2.05, 4.69) is 20.4 Å². The van der Waals surface area contributed by atoms with Crippen molar-refractivity contribution < 1.29 is 8.78 Å². The second-order valence-electron chi connectivity index (χ2n) is 6.62. The van der Waals surface area contributed by atoms with E-state index in [1.54, 1.807) is 35.5 Å². The molecule has 1 aliphatic carbocycles. The van der Waals surface area contributed by atoms with E-state index < -0.39 is 11.6 Å². The first-order valence-electron chi connectivity index (χ1n) is 8.16. The van der Waals surface area contributed by atoms with Gasteiger partial charge in [0.2, 0.25) is 5.92 Å². The van der Waals surface area contributed by atoms with Gasteiger partial charge in [-0.25, -0.2) is 18.3 Å². The highest BCUT2D eigenvalue weighted by Crippen LogP contribution is 2.42. The minimum atomic E-state index is -2.63. The molecule has 0 radical (unpaired) electrons. The van der Waals surface area contributed by atoms with Crippen LogP contribution in [0, 0.1) is 5.92 Å². The van der Waals surface area contributed by atoms with Crippen molar-refractivity contribution in [1.29, 1.82) is 0 Å². The number of nitrogens with two attached hydrogens (primary N) is 2. The number of halogens is 2. The molecule has 0 spiro atoms. The molecule has 0 amide bonds. The van der Waals surface area contributed by atoms with Gasteiger partial charge in [-0.15, -0.1) is 0 Å². The summed E-state index contributed by atoms with van der Waals surface area (Å²) in [6, 6.07) is 0. The Morgan fingerprint density at radius 2 is 2.00 bits per heavy atom. The van der Waals surface area contributed by atoms with Gasteiger partial charge >= 0.3 is 0 Å². The maximum absolute atomic E-state index is 13.5. The lowest BCUT2D eigenvalue weighted by molar-refractivity contribution is -0.0521. The number of fused-ring (bicyclic) bond motifs is 1. The van der Waals surface area contributed by atoms with Crippen molar-refractivity contribution >= 4 is 11.4 Å². The number of nitrogens with one attached hydrogen (secondary N) is 1. The summed E-state index contributed by atoms with van der Waals surface area (Å²) in [5.41, 5.74) is 13.2. The summed E-state index contributed by atoms with van der Waals surface area (Å²) in [5, 5.41) is 7.28. The molecule has 0 saturated heterocycles. The van der Waals surface area contributed by atoms with Gasteiger partial charge in [-0.1, -0.05) is 0 Å². The Balaban J connectivity index is 1.70. The predicted molar refractivity (Wildman–Crippen MR) is 88.8 cm³/mol. The van der Waals surface area contributed by atoms with E-state index in [9.17, 15) is 8.78 Å². The highest BCUT2D eigenvalue weighted by atomic mass is 19.3. The van der Waals surface area contributed by atoms with E-state index in [0.717, 1.165) is 11.1 Å². The topological polar surface area (TPSA) is 107 Å². The molecule has 0 bridgehead atoms. The van der Waals surface area contributed by atoms with E-state index in [-0.39, 0.29) is 31.6 Å². The average Bonchev–Trinajstić information content (AvgIpc) is 3.01. The Morgan fingerprint density at radius 1 is 1.24 bits per heavy atom. The minimum Gasteiger partial charge on any atom is -0.398 e. The van der Waals surface area contributed by atoms with E-state index >= 15 is 0 Å². The number of amidine groups is 1. The molecule has 0 aromatic carbocycles. The fourth-order valence-electron chi connectivity index (χ4n) is 3.51. The Bertz CT molecular complexity index is 862. The fourth-order valence-corrected chi connectivity index (χ4v) is 3.51. The van der Waals surface area contributed by atoms with Crippen molar-refractivity contribution in [3.63, 3.8) is 0 Å². The van der Waals surface area contributed by atoms with Crippen LogP contribution in [0.5, 0.6) is 0 Å². The number of nitrogens with zero attached hydrogens (tertiary/aromatic N) is 4. The summed E-state index contributed by atoms with van der Waals surface area (Å²) >= 11 is 0. The van der Waals surface area contributed by atoms with Crippen LogP contribution in [0.1, 0.15) is 31.2 Å². The van der Waals surface area contributed by atoms with E-state index in [1.807, 2.05) is 0 Å². The van der Waals surface area contributed by atoms with Crippen LogP contribution in [-0.4, -0.2) is 32.0 Å². The molecule has 25 heavy (non-hydrogen) atoms. The summed E-state index contributed by atoms with van der Waals surface area (Å²) in [7, 11) is 0. The summed E-state index contributed by atoms with van der Waals surface area (Å²) in [5.74, 6) is -2.35. The molecule has 3 heterocycles. The zero-order valence-electron chi connectivity index (χ0n) is 13.5. The highest BCUT2D eigenvalue weighted by Gasteiger charge is 2.45. The standard InChI is InChI=1S/C16H19F2N7/c17-15(18)3-1-10(2-4-15)16(20)13(19)9-22-14(24-16)11-7-23-25-6-5-21-8-12(11)25/h5-10H,1-4,19-20H2,(H,22,24). The predicted octanol–water partition coefficient (Wildman–Crippen LogP) is 1.36. The quantitative estimate of drug-likeness (QED) is 0.760. The maximum atomic E-state index is 13.5.